The second kappa shape index (κ2) is 3.33. The van der Waals surface area contributed by atoms with Gasteiger partial charge in [-0.25, -0.2) is 0 Å². The fraction of sp³-hybridized carbons (Fsp3) is 0.556. The fourth-order valence-electron chi connectivity index (χ4n) is 1.19. The molecule has 0 nitrogen and oxygen atoms in total. The molecule has 0 spiro atoms. The molecule has 0 aromatic heterocycles. The third-order valence-corrected chi connectivity index (χ3v) is 1.87. The van der Waals surface area contributed by atoms with E-state index >= 15 is 0 Å². The van der Waals surface area contributed by atoms with Crippen LogP contribution in [0.4, 0.5) is 13.2 Å². The molecule has 1 rings (SSSR count). The fourth-order valence-corrected chi connectivity index (χ4v) is 1.19. The number of alkyl halides is 3. The SMILES string of the molecule is CC1=CC=C(CC(F)(F)F)CC1. The van der Waals surface area contributed by atoms with Crippen LogP contribution in [-0.2, 0) is 0 Å². The Morgan fingerprint density at radius 3 is 2.33 bits per heavy atom. The summed E-state index contributed by atoms with van der Waals surface area (Å²) in [5.74, 6) is 0. The van der Waals surface area contributed by atoms with Crippen molar-refractivity contribution in [3.8, 4) is 0 Å². The molecule has 0 unspecified atom stereocenters. The molecule has 0 aliphatic heterocycles. The standard InChI is InChI=1S/C9H11F3/c1-7-2-4-8(5-3-7)6-9(10,11)12/h2,4H,3,5-6H2,1H3. The molecule has 0 atom stereocenters. The third-order valence-electron chi connectivity index (χ3n) is 1.87. The Kier molecular flexibility index (Phi) is 2.60. The first kappa shape index (κ1) is 9.36. The number of allylic oxidation sites excluding steroid dienone is 4. The van der Waals surface area contributed by atoms with Gasteiger partial charge in [0.05, 0.1) is 6.42 Å². The summed E-state index contributed by atoms with van der Waals surface area (Å²) >= 11 is 0. The smallest absolute Gasteiger partial charge is 0.171 e. The quantitative estimate of drug-likeness (QED) is 0.572. The van der Waals surface area contributed by atoms with Gasteiger partial charge in [0.2, 0.25) is 0 Å². The molecular formula is C9H11F3. The van der Waals surface area contributed by atoms with Crippen LogP contribution in [0.15, 0.2) is 23.3 Å². The number of rotatable bonds is 1. The highest BCUT2D eigenvalue weighted by Crippen LogP contribution is 2.29. The molecule has 3 heteroatoms. The molecule has 68 valence electrons. The minimum Gasteiger partial charge on any atom is -0.171 e. The molecule has 1 aliphatic rings. The van der Waals surface area contributed by atoms with Crippen LogP contribution < -0.4 is 0 Å². The topological polar surface area (TPSA) is 0 Å². The average molecular weight is 176 g/mol. The molecule has 0 aromatic rings. The normalized spacial score (nSPS) is 18.7. The van der Waals surface area contributed by atoms with Crippen LogP contribution in [0.2, 0.25) is 0 Å². The van der Waals surface area contributed by atoms with Crippen LogP contribution in [0.1, 0.15) is 26.2 Å². The lowest BCUT2D eigenvalue weighted by Gasteiger charge is -2.13. The molecule has 0 saturated heterocycles. The monoisotopic (exact) mass is 176 g/mol. The molecule has 0 aromatic carbocycles. The van der Waals surface area contributed by atoms with E-state index in [9.17, 15) is 13.2 Å². The van der Waals surface area contributed by atoms with E-state index in [1.165, 1.54) is 0 Å². The number of halogens is 3. The molecule has 0 bridgehead atoms. The zero-order valence-corrected chi connectivity index (χ0v) is 6.91. The van der Waals surface area contributed by atoms with E-state index in [1.807, 2.05) is 6.92 Å². The van der Waals surface area contributed by atoms with E-state index in [0.717, 1.165) is 12.0 Å². The summed E-state index contributed by atoms with van der Waals surface area (Å²) in [5.41, 5.74) is 1.65. The summed E-state index contributed by atoms with van der Waals surface area (Å²) < 4.78 is 35.6. The van der Waals surface area contributed by atoms with Crippen molar-refractivity contribution in [1.29, 1.82) is 0 Å². The molecular weight excluding hydrogens is 165 g/mol. The number of hydrogen-bond donors (Lipinski definition) is 0. The third kappa shape index (κ3) is 3.11. The van der Waals surface area contributed by atoms with Gasteiger partial charge < -0.3 is 0 Å². The first-order valence-electron chi connectivity index (χ1n) is 3.89. The second-order valence-corrected chi connectivity index (χ2v) is 3.13. The van der Waals surface area contributed by atoms with E-state index in [0.29, 0.717) is 12.0 Å². The molecule has 0 heterocycles. The van der Waals surface area contributed by atoms with E-state index in [-0.39, 0.29) is 0 Å². The Hall–Kier alpha value is -0.730. The summed E-state index contributed by atoms with van der Waals surface area (Å²) in [6.07, 6.45) is -0.123. The number of hydrogen-bond acceptors (Lipinski definition) is 0. The lowest BCUT2D eigenvalue weighted by atomic mass is 9.97. The van der Waals surface area contributed by atoms with Gasteiger partial charge in [-0.05, 0) is 19.8 Å². The van der Waals surface area contributed by atoms with Crippen molar-refractivity contribution < 1.29 is 13.2 Å². The highest BCUT2D eigenvalue weighted by molar-refractivity contribution is 5.23. The van der Waals surface area contributed by atoms with Crippen molar-refractivity contribution in [3.05, 3.63) is 23.3 Å². The summed E-state index contributed by atoms with van der Waals surface area (Å²) in [6, 6.07) is 0. The Labute approximate surface area is 69.8 Å². The van der Waals surface area contributed by atoms with Crippen molar-refractivity contribution in [1.82, 2.24) is 0 Å². The van der Waals surface area contributed by atoms with Crippen LogP contribution in [0.5, 0.6) is 0 Å². The van der Waals surface area contributed by atoms with E-state index in [1.54, 1.807) is 12.2 Å². The minimum atomic E-state index is -4.05. The lowest BCUT2D eigenvalue weighted by Crippen LogP contribution is -2.09. The summed E-state index contributed by atoms with van der Waals surface area (Å²) in [4.78, 5) is 0. The van der Waals surface area contributed by atoms with Gasteiger partial charge in [0.15, 0.2) is 0 Å². The van der Waals surface area contributed by atoms with Crippen molar-refractivity contribution >= 4 is 0 Å². The van der Waals surface area contributed by atoms with Crippen molar-refractivity contribution in [2.45, 2.75) is 32.4 Å². The van der Waals surface area contributed by atoms with Crippen LogP contribution >= 0.6 is 0 Å². The van der Waals surface area contributed by atoms with Gasteiger partial charge >= 0.3 is 6.18 Å². The Morgan fingerprint density at radius 1 is 1.25 bits per heavy atom. The summed E-state index contributed by atoms with van der Waals surface area (Å²) in [5, 5.41) is 0. The molecule has 0 fully saturated rings. The predicted molar refractivity (Wildman–Crippen MR) is 41.7 cm³/mol. The van der Waals surface area contributed by atoms with Gasteiger partial charge in [-0.2, -0.15) is 13.2 Å². The van der Waals surface area contributed by atoms with Gasteiger partial charge in [0, 0.05) is 0 Å². The maximum atomic E-state index is 11.9. The zero-order valence-electron chi connectivity index (χ0n) is 6.91. The average Bonchev–Trinajstić information content (AvgIpc) is 1.91. The Morgan fingerprint density at radius 2 is 1.92 bits per heavy atom. The van der Waals surface area contributed by atoms with E-state index in [4.69, 9.17) is 0 Å². The minimum absolute atomic E-state index is 0.494. The van der Waals surface area contributed by atoms with Crippen molar-refractivity contribution in [2.75, 3.05) is 0 Å². The molecule has 0 amide bonds. The lowest BCUT2D eigenvalue weighted by molar-refractivity contribution is -0.127. The molecule has 0 saturated carbocycles. The van der Waals surface area contributed by atoms with Crippen LogP contribution in [0.3, 0.4) is 0 Å². The van der Waals surface area contributed by atoms with Gasteiger partial charge in [0.25, 0.3) is 0 Å². The molecule has 12 heavy (non-hydrogen) atoms. The van der Waals surface area contributed by atoms with Crippen molar-refractivity contribution in [3.63, 3.8) is 0 Å². The van der Waals surface area contributed by atoms with E-state index in [2.05, 4.69) is 0 Å². The second-order valence-electron chi connectivity index (χ2n) is 3.13. The summed E-state index contributed by atoms with van der Waals surface area (Å²) in [6.45, 7) is 1.93. The highest BCUT2D eigenvalue weighted by Gasteiger charge is 2.28. The molecule has 0 N–H and O–H groups in total. The maximum absolute atomic E-state index is 11.9. The van der Waals surface area contributed by atoms with Crippen molar-refractivity contribution in [2.24, 2.45) is 0 Å². The van der Waals surface area contributed by atoms with Gasteiger partial charge in [-0.15, -0.1) is 0 Å². The summed E-state index contributed by atoms with van der Waals surface area (Å²) in [7, 11) is 0. The Balaban J connectivity index is 2.55. The Bertz CT molecular complexity index is 220. The highest BCUT2D eigenvalue weighted by atomic mass is 19.4. The largest absolute Gasteiger partial charge is 0.392 e. The zero-order chi connectivity index (χ0) is 9.19. The van der Waals surface area contributed by atoms with Gasteiger partial charge in [-0.3, -0.25) is 0 Å². The first-order valence-corrected chi connectivity index (χ1v) is 3.89. The van der Waals surface area contributed by atoms with Crippen LogP contribution in [0.25, 0.3) is 0 Å². The van der Waals surface area contributed by atoms with Crippen LogP contribution in [0, 0.1) is 0 Å². The molecule has 1 aliphatic carbocycles. The molecule has 0 radical (unpaired) electrons. The van der Waals surface area contributed by atoms with E-state index < -0.39 is 12.6 Å². The first-order chi connectivity index (χ1) is 5.47. The maximum Gasteiger partial charge on any atom is 0.392 e. The predicted octanol–water partition coefficient (Wildman–Crippen LogP) is 3.61. The van der Waals surface area contributed by atoms with Crippen LogP contribution in [-0.4, -0.2) is 6.18 Å². The van der Waals surface area contributed by atoms with Gasteiger partial charge in [0.1, 0.15) is 0 Å². The van der Waals surface area contributed by atoms with Gasteiger partial charge in [-0.1, -0.05) is 23.3 Å².